The fourth-order valence-electron chi connectivity index (χ4n) is 2.19. The Morgan fingerprint density at radius 1 is 1.17 bits per heavy atom. The summed E-state index contributed by atoms with van der Waals surface area (Å²) in [6.45, 7) is 2.59. The minimum absolute atomic E-state index is 0.0657. The van der Waals surface area contributed by atoms with E-state index >= 15 is 0 Å². The van der Waals surface area contributed by atoms with Gasteiger partial charge in [0.15, 0.2) is 0 Å². The van der Waals surface area contributed by atoms with Crippen LogP contribution in [0.4, 0.5) is 0 Å². The van der Waals surface area contributed by atoms with E-state index in [1.807, 2.05) is 38.2 Å². The first-order valence-electron chi connectivity index (χ1n) is 7.42. The molecule has 0 saturated carbocycles. The normalized spacial score (nSPS) is 12.2. The lowest BCUT2D eigenvalue weighted by Crippen LogP contribution is -2.38. The minimum atomic E-state index is -0.211. The van der Waals surface area contributed by atoms with Gasteiger partial charge in [0.05, 0.1) is 6.10 Å². The van der Waals surface area contributed by atoms with Gasteiger partial charge in [-0.25, -0.2) is 5.01 Å². The molecular weight excluding hydrogens is 292 g/mol. The third-order valence-corrected chi connectivity index (χ3v) is 3.64. The molecule has 5 heteroatoms. The zero-order valence-electron chi connectivity index (χ0n) is 13.6. The number of benzene rings is 2. The van der Waals surface area contributed by atoms with Gasteiger partial charge in [0, 0.05) is 26.3 Å². The second kappa shape index (κ2) is 7.76. The zero-order valence-corrected chi connectivity index (χ0v) is 13.6. The molecule has 1 amide bonds. The molecule has 0 aliphatic rings. The Labute approximate surface area is 136 Å². The van der Waals surface area contributed by atoms with E-state index in [4.69, 9.17) is 4.74 Å². The Morgan fingerprint density at radius 3 is 2.35 bits per heavy atom. The van der Waals surface area contributed by atoms with Crippen molar-refractivity contribution in [3.63, 3.8) is 0 Å². The molecule has 0 fully saturated rings. The first-order valence-corrected chi connectivity index (χ1v) is 7.42. The van der Waals surface area contributed by atoms with E-state index in [2.05, 4.69) is 5.43 Å². The molecule has 0 saturated heterocycles. The number of hydrazine groups is 1. The van der Waals surface area contributed by atoms with Crippen LogP contribution in [0.2, 0.25) is 0 Å². The van der Waals surface area contributed by atoms with Gasteiger partial charge in [-0.05, 0) is 42.3 Å². The van der Waals surface area contributed by atoms with Gasteiger partial charge in [0.25, 0.3) is 5.91 Å². The number of amides is 1. The highest BCUT2D eigenvalue weighted by molar-refractivity contribution is 5.93. The van der Waals surface area contributed by atoms with Crippen molar-refractivity contribution in [2.24, 2.45) is 0 Å². The van der Waals surface area contributed by atoms with Crippen LogP contribution in [-0.2, 0) is 11.3 Å². The molecule has 2 aromatic carbocycles. The molecule has 2 aromatic rings. The zero-order chi connectivity index (χ0) is 16.8. The van der Waals surface area contributed by atoms with Crippen LogP contribution < -0.4 is 5.43 Å². The Hall–Kier alpha value is -2.37. The number of carbonyl (C=O) groups is 1. The van der Waals surface area contributed by atoms with Crippen molar-refractivity contribution in [2.75, 3.05) is 14.2 Å². The Balaban J connectivity index is 1.92. The van der Waals surface area contributed by atoms with E-state index in [1.165, 1.54) is 12.1 Å². The van der Waals surface area contributed by atoms with Gasteiger partial charge in [0.1, 0.15) is 5.75 Å². The number of ether oxygens (including phenoxy) is 1. The summed E-state index contributed by atoms with van der Waals surface area (Å²) in [7, 11) is 3.50. The van der Waals surface area contributed by atoms with E-state index in [1.54, 1.807) is 24.3 Å². The number of phenolic OH excluding ortho intramolecular Hbond substituents is 1. The predicted molar refractivity (Wildman–Crippen MR) is 88.9 cm³/mol. The van der Waals surface area contributed by atoms with Crippen molar-refractivity contribution in [1.29, 1.82) is 0 Å². The van der Waals surface area contributed by atoms with Gasteiger partial charge in [-0.1, -0.05) is 24.3 Å². The predicted octanol–water partition coefficient (Wildman–Crippen LogP) is 2.88. The first kappa shape index (κ1) is 17.0. The van der Waals surface area contributed by atoms with E-state index in [0.717, 1.165) is 11.1 Å². The third-order valence-electron chi connectivity index (χ3n) is 3.64. The number of methoxy groups -OCH3 is 1. The molecular formula is C18H22N2O3. The molecule has 0 aromatic heterocycles. The average molecular weight is 314 g/mol. The molecule has 2 N–H and O–H groups in total. The smallest absolute Gasteiger partial charge is 0.265 e. The Bertz CT molecular complexity index is 638. The summed E-state index contributed by atoms with van der Waals surface area (Å²) in [5.41, 5.74) is 5.51. The minimum Gasteiger partial charge on any atom is -0.508 e. The second-order valence-electron chi connectivity index (χ2n) is 5.46. The monoisotopic (exact) mass is 314 g/mol. The lowest BCUT2D eigenvalue weighted by molar-refractivity contribution is 0.0819. The fraction of sp³-hybridized carbons (Fsp3) is 0.278. The van der Waals surface area contributed by atoms with Gasteiger partial charge in [-0.2, -0.15) is 0 Å². The summed E-state index contributed by atoms with van der Waals surface area (Å²) in [5.74, 6) is -0.0718. The highest BCUT2D eigenvalue weighted by atomic mass is 16.5. The summed E-state index contributed by atoms with van der Waals surface area (Å²) in [6, 6.07) is 14.2. The number of nitrogens with zero attached hydrogens (tertiary/aromatic N) is 1. The van der Waals surface area contributed by atoms with E-state index in [9.17, 15) is 9.90 Å². The maximum absolute atomic E-state index is 12.1. The topological polar surface area (TPSA) is 61.8 Å². The van der Waals surface area contributed by atoms with Gasteiger partial charge in [0.2, 0.25) is 0 Å². The van der Waals surface area contributed by atoms with Crippen LogP contribution in [-0.4, -0.2) is 30.2 Å². The molecule has 0 radical (unpaired) electrons. The number of rotatable bonds is 6. The molecule has 1 unspecified atom stereocenters. The summed E-state index contributed by atoms with van der Waals surface area (Å²) >= 11 is 0. The van der Waals surface area contributed by atoms with E-state index < -0.39 is 0 Å². The molecule has 0 aliphatic heterocycles. The molecule has 0 aliphatic carbocycles. The molecule has 122 valence electrons. The summed E-state index contributed by atoms with van der Waals surface area (Å²) in [5, 5.41) is 11.0. The SMILES string of the molecule is COC(C)c1ccc(CN(C)NC(=O)c2ccc(O)cc2)cc1. The highest BCUT2D eigenvalue weighted by Gasteiger charge is 2.09. The third kappa shape index (κ3) is 4.81. The number of carbonyl (C=O) groups excluding carboxylic acids is 1. The van der Waals surface area contributed by atoms with Crippen LogP contribution in [0.25, 0.3) is 0 Å². The van der Waals surface area contributed by atoms with Crippen LogP contribution in [0.3, 0.4) is 0 Å². The lowest BCUT2D eigenvalue weighted by atomic mass is 10.1. The summed E-state index contributed by atoms with van der Waals surface area (Å²) in [6.07, 6.45) is 0.0657. The van der Waals surface area contributed by atoms with Gasteiger partial charge >= 0.3 is 0 Å². The molecule has 0 spiro atoms. The Kier molecular flexibility index (Phi) is 5.73. The molecule has 23 heavy (non-hydrogen) atoms. The van der Waals surface area contributed by atoms with Crippen molar-refractivity contribution in [3.05, 3.63) is 65.2 Å². The maximum Gasteiger partial charge on any atom is 0.265 e. The highest BCUT2D eigenvalue weighted by Crippen LogP contribution is 2.16. The standard InChI is InChI=1S/C18H22N2O3/c1-13(23-3)15-6-4-14(5-7-15)12-20(2)19-18(22)16-8-10-17(21)11-9-16/h4-11,13,21H,12H2,1-3H3,(H,19,22). The Morgan fingerprint density at radius 2 is 1.78 bits per heavy atom. The van der Waals surface area contributed by atoms with Crippen molar-refractivity contribution < 1.29 is 14.6 Å². The first-order chi connectivity index (χ1) is 11.0. The van der Waals surface area contributed by atoms with Crippen LogP contribution in [0.1, 0.15) is 34.5 Å². The number of nitrogens with one attached hydrogen (secondary N) is 1. The number of hydrogen-bond donors (Lipinski definition) is 2. The second-order valence-corrected chi connectivity index (χ2v) is 5.46. The molecule has 0 heterocycles. The van der Waals surface area contributed by atoms with E-state index in [-0.39, 0.29) is 17.8 Å². The van der Waals surface area contributed by atoms with Crippen molar-refractivity contribution in [2.45, 2.75) is 19.6 Å². The van der Waals surface area contributed by atoms with Gasteiger partial charge in [-0.3, -0.25) is 10.2 Å². The number of aromatic hydroxyl groups is 1. The average Bonchev–Trinajstić information content (AvgIpc) is 2.55. The fourth-order valence-corrected chi connectivity index (χ4v) is 2.19. The van der Waals surface area contributed by atoms with E-state index in [0.29, 0.717) is 12.1 Å². The van der Waals surface area contributed by atoms with Crippen molar-refractivity contribution >= 4 is 5.91 Å². The van der Waals surface area contributed by atoms with Crippen molar-refractivity contribution in [3.8, 4) is 5.75 Å². The summed E-state index contributed by atoms with van der Waals surface area (Å²) < 4.78 is 5.28. The molecule has 2 rings (SSSR count). The van der Waals surface area contributed by atoms with Crippen molar-refractivity contribution in [1.82, 2.24) is 10.4 Å². The van der Waals surface area contributed by atoms with Gasteiger partial charge < -0.3 is 9.84 Å². The largest absolute Gasteiger partial charge is 0.508 e. The molecule has 0 bridgehead atoms. The van der Waals surface area contributed by atoms with Crippen LogP contribution in [0.5, 0.6) is 5.75 Å². The number of phenols is 1. The lowest BCUT2D eigenvalue weighted by Gasteiger charge is -2.18. The quantitative estimate of drug-likeness (QED) is 0.805. The van der Waals surface area contributed by atoms with Crippen LogP contribution in [0.15, 0.2) is 48.5 Å². The van der Waals surface area contributed by atoms with Crippen LogP contribution >= 0.6 is 0 Å². The molecule has 1 atom stereocenters. The summed E-state index contributed by atoms with van der Waals surface area (Å²) in [4.78, 5) is 12.1. The maximum atomic E-state index is 12.1. The van der Waals surface area contributed by atoms with Gasteiger partial charge in [-0.15, -0.1) is 0 Å². The van der Waals surface area contributed by atoms with Crippen LogP contribution in [0, 0.1) is 0 Å². The number of hydrogen-bond acceptors (Lipinski definition) is 4. The molecule has 5 nitrogen and oxygen atoms in total.